The molecule has 1 aliphatic heterocycles. The van der Waals surface area contributed by atoms with Crippen molar-refractivity contribution in [1.82, 2.24) is 4.90 Å². The number of nitrogens with zero attached hydrogens (tertiary/aromatic N) is 1. The average molecular weight is 265 g/mol. The summed E-state index contributed by atoms with van der Waals surface area (Å²) in [5.41, 5.74) is 1.07. The maximum Gasteiger partial charge on any atom is 0.222 e. The number of hydrogen-bond acceptors (Lipinski definition) is 2. The van der Waals surface area contributed by atoms with Crippen molar-refractivity contribution in [1.29, 1.82) is 0 Å². The lowest BCUT2D eigenvalue weighted by Crippen LogP contribution is -2.47. The van der Waals surface area contributed by atoms with Crippen molar-refractivity contribution < 1.29 is 13.9 Å². The Morgan fingerprint density at radius 1 is 1.42 bits per heavy atom. The summed E-state index contributed by atoms with van der Waals surface area (Å²) in [4.78, 5) is 14.0. The maximum atomic E-state index is 12.8. The molecule has 3 nitrogen and oxygen atoms in total. The maximum absolute atomic E-state index is 12.8. The third-order valence-electron chi connectivity index (χ3n) is 3.46. The average Bonchev–Trinajstić information content (AvgIpc) is 2.41. The third kappa shape index (κ3) is 4.03. The molecular weight excluding hydrogens is 245 g/mol. The van der Waals surface area contributed by atoms with Crippen molar-refractivity contribution in [3.63, 3.8) is 0 Å². The Morgan fingerprint density at radius 2 is 2.16 bits per heavy atom. The Kier molecular flexibility index (Phi) is 4.91. The summed E-state index contributed by atoms with van der Waals surface area (Å²) in [5.74, 6) is -0.0279. The molecule has 1 amide bonds. The summed E-state index contributed by atoms with van der Waals surface area (Å²) < 4.78 is 18.1. The van der Waals surface area contributed by atoms with Gasteiger partial charge >= 0.3 is 0 Å². The quantitative estimate of drug-likeness (QED) is 0.836. The highest BCUT2D eigenvalue weighted by atomic mass is 19.1. The van der Waals surface area contributed by atoms with E-state index < -0.39 is 0 Å². The molecule has 0 bridgehead atoms. The van der Waals surface area contributed by atoms with Crippen molar-refractivity contribution in [2.45, 2.75) is 32.2 Å². The lowest BCUT2D eigenvalue weighted by atomic mass is 10.1. The molecule has 0 spiro atoms. The van der Waals surface area contributed by atoms with Crippen molar-refractivity contribution in [2.24, 2.45) is 0 Å². The molecule has 1 saturated heterocycles. The Hall–Kier alpha value is -1.42. The van der Waals surface area contributed by atoms with Gasteiger partial charge in [-0.25, -0.2) is 4.39 Å². The van der Waals surface area contributed by atoms with Crippen molar-refractivity contribution in [3.05, 3.63) is 35.6 Å². The minimum Gasteiger partial charge on any atom is -0.377 e. The van der Waals surface area contributed by atoms with Gasteiger partial charge in [0.15, 0.2) is 0 Å². The number of aryl methyl sites for hydroxylation is 1. The molecule has 1 aromatic rings. The summed E-state index contributed by atoms with van der Waals surface area (Å²) in [6, 6.07) is 6.64. The van der Waals surface area contributed by atoms with Crippen LogP contribution in [0.4, 0.5) is 4.39 Å². The first-order valence-electron chi connectivity index (χ1n) is 6.78. The normalized spacial score (nSPS) is 19.5. The van der Waals surface area contributed by atoms with Crippen LogP contribution in [-0.2, 0) is 16.0 Å². The van der Waals surface area contributed by atoms with E-state index >= 15 is 0 Å². The molecule has 1 aliphatic rings. The zero-order valence-electron chi connectivity index (χ0n) is 11.3. The Morgan fingerprint density at radius 3 is 2.84 bits per heavy atom. The van der Waals surface area contributed by atoms with E-state index in [0.29, 0.717) is 26.2 Å². The lowest BCUT2D eigenvalue weighted by Gasteiger charge is -2.33. The van der Waals surface area contributed by atoms with E-state index in [9.17, 15) is 9.18 Å². The highest BCUT2D eigenvalue weighted by Crippen LogP contribution is 2.11. The first kappa shape index (κ1) is 14.0. The van der Waals surface area contributed by atoms with E-state index in [0.717, 1.165) is 18.4 Å². The zero-order valence-corrected chi connectivity index (χ0v) is 11.3. The summed E-state index contributed by atoms with van der Waals surface area (Å²) in [6.07, 6.45) is 2.15. The predicted molar refractivity (Wildman–Crippen MR) is 71.3 cm³/mol. The molecule has 104 valence electrons. The topological polar surface area (TPSA) is 29.5 Å². The van der Waals surface area contributed by atoms with E-state index in [-0.39, 0.29) is 17.8 Å². The van der Waals surface area contributed by atoms with E-state index in [1.165, 1.54) is 12.1 Å². The number of carbonyl (C=O) groups excluding carboxylic acids is 1. The Labute approximate surface area is 113 Å². The molecule has 0 radical (unpaired) electrons. The van der Waals surface area contributed by atoms with Crippen LogP contribution in [0.2, 0.25) is 0 Å². The van der Waals surface area contributed by atoms with Gasteiger partial charge in [0.2, 0.25) is 5.91 Å². The van der Waals surface area contributed by atoms with Crippen LogP contribution in [0, 0.1) is 5.82 Å². The summed E-state index contributed by atoms with van der Waals surface area (Å²) >= 11 is 0. The monoisotopic (exact) mass is 265 g/mol. The van der Waals surface area contributed by atoms with Crippen LogP contribution in [0.15, 0.2) is 24.3 Å². The van der Waals surface area contributed by atoms with Crippen LogP contribution in [0.5, 0.6) is 0 Å². The second-order valence-electron chi connectivity index (χ2n) is 4.99. The molecule has 1 atom stereocenters. The highest BCUT2D eigenvalue weighted by molar-refractivity contribution is 5.76. The molecule has 0 aliphatic carbocycles. The zero-order chi connectivity index (χ0) is 13.7. The number of benzene rings is 1. The van der Waals surface area contributed by atoms with Crippen LogP contribution in [0.1, 0.15) is 25.3 Å². The van der Waals surface area contributed by atoms with Crippen molar-refractivity contribution >= 4 is 5.91 Å². The minimum atomic E-state index is -0.220. The number of hydrogen-bond donors (Lipinski definition) is 0. The Balaban J connectivity index is 1.75. The standard InChI is InChI=1S/C15H20FNO2/c1-12-11-19-10-9-17(12)15(18)4-2-3-13-5-7-14(16)8-6-13/h5-8,12H,2-4,9-11H2,1H3. The highest BCUT2D eigenvalue weighted by Gasteiger charge is 2.22. The number of halogens is 1. The van der Waals surface area contributed by atoms with Crippen LogP contribution in [0.25, 0.3) is 0 Å². The first-order chi connectivity index (χ1) is 9.16. The van der Waals surface area contributed by atoms with Gasteiger partial charge in [0.25, 0.3) is 0 Å². The number of carbonyl (C=O) groups is 1. The molecule has 1 heterocycles. The van der Waals surface area contributed by atoms with Gasteiger partial charge < -0.3 is 9.64 Å². The van der Waals surface area contributed by atoms with Gasteiger partial charge in [0.1, 0.15) is 5.82 Å². The van der Waals surface area contributed by atoms with Crippen LogP contribution >= 0.6 is 0 Å². The molecule has 2 rings (SSSR count). The van der Waals surface area contributed by atoms with Crippen LogP contribution in [-0.4, -0.2) is 36.6 Å². The lowest BCUT2D eigenvalue weighted by molar-refractivity contribution is -0.139. The van der Waals surface area contributed by atoms with E-state index in [4.69, 9.17) is 4.74 Å². The fourth-order valence-electron chi connectivity index (χ4n) is 2.34. The van der Waals surface area contributed by atoms with Crippen molar-refractivity contribution in [2.75, 3.05) is 19.8 Å². The van der Waals surface area contributed by atoms with Crippen LogP contribution < -0.4 is 0 Å². The van der Waals surface area contributed by atoms with Gasteiger partial charge in [-0.2, -0.15) is 0 Å². The van der Waals surface area contributed by atoms with Gasteiger partial charge in [-0.3, -0.25) is 4.79 Å². The van der Waals surface area contributed by atoms with E-state index in [2.05, 4.69) is 0 Å². The summed E-state index contributed by atoms with van der Waals surface area (Å²) in [5, 5.41) is 0. The van der Waals surface area contributed by atoms with E-state index in [1.807, 2.05) is 11.8 Å². The number of morpholine rings is 1. The third-order valence-corrected chi connectivity index (χ3v) is 3.46. The smallest absolute Gasteiger partial charge is 0.222 e. The molecule has 1 fully saturated rings. The Bertz CT molecular complexity index is 419. The minimum absolute atomic E-state index is 0.173. The van der Waals surface area contributed by atoms with Gasteiger partial charge in [0.05, 0.1) is 19.3 Å². The van der Waals surface area contributed by atoms with Crippen LogP contribution in [0.3, 0.4) is 0 Å². The summed E-state index contributed by atoms with van der Waals surface area (Å²) in [7, 11) is 0. The fourth-order valence-corrected chi connectivity index (χ4v) is 2.34. The summed E-state index contributed by atoms with van der Waals surface area (Å²) in [6.45, 7) is 3.96. The second kappa shape index (κ2) is 6.66. The molecule has 19 heavy (non-hydrogen) atoms. The van der Waals surface area contributed by atoms with Gasteiger partial charge in [-0.15, -0.1) is 0 Å². The molecule has 0 saturated carbocycles. The first-order valence-corrected chi connectivity index (χ1v) is 6.78. The second-order valence-corrected chi connectivity index (χ2v) is 4.99. The largest absolute Gasteiger partial charge is 0.377 e. The molecule has 1 unspecified atom stereocenters. The number of amides is 1. The molecule has 1 aromatic carbocycles. The molecular formula is C15H20FNO2. The van der Waals surface area contributed by atoms with Gasteiger partial charge in [-0.05, 0) is 37.5 Å². The van der Waals surface area contributed by atoms with E-state index in [1.54, 1.807) is 12.1 Å². The fraction of sp³-hybridized carbons (Fsp3) is 0.533. The van der Waals surface area contributed by atoms with Gasteiger partial charge in [0, 0.05) is 13.0 Å². The number of rotatable bonds is 4. The van der Waals surface area contributed by atoms with Crippen molar-refractivity contribution in [3.8, 4) is 0 Å². The SMILES string of the molecule is CC1COCCN1C(=O)CCCc1ccc(F)cc1. The van der Waals surface area contributed by atoms with Gasteiger partial charge in [-0.1, -0.05) is 12.1 Å². The molecule has 0 aromatic heterocycles. The number of ether oxygens (including phenoxy) is 1. The molecule has 4 heteroatoms. The predicted octanol–water partition coefficient (Wildman–Crippen LogP) is 2.40. The molecule has 0 N–H and O–H groups in total.